The van der Waals surface area contributed by atoms with Gasteiger partial charge in [0, 0.05) is 12.3 Å². The SMILES string of the molecule is C#CCC(F)C(C)C(F)CC(C)(C)C. The Morgan fingerprint density at radius 3 is 2.07 bits per heavy atom. The Balaban J connectivity index is 4.12. The Bertz CT molecular complexity index is 197. The van der Waals surface area contributed by atoms with E-state index < -0.39 is 18.3 Å². The van der Waals surface area contributed by atoms with Crippen LogP contribution >= 0.6 is 0 Å². The lowest BCUT2D eigenvalue weighted by atomic mass is 9.84. The highest BCUT2D eigenvalue weighted by atomic mass is 19.1. The molecule has 0 heterocycles. The van der Waals surface area contributed by atoms with Gasteiger partial charge in [-0.25, -0.2) is 8.78 Å². The third-order valence-electron chi connectivity index (χ3n) is 2.26. The van der Waals surface area contributed by atoms with Crippen LogP contribution in [0.2, 0.25) is 0 Å². The van der Waals surface area contributed by atoms with E-state index in [1.165, 1.54) is 0 Å². The number of halogens is 2. The first-order valence-corrected chi connectivity index (χ1v) is 4.99. The highest BCUT2D eigenvalue weighted by molar-refractivity contribution is 4.90. The molecule has 0 aromatic rings. The first-order chi connectivity index (χ1) is 6.28. The molecule has 0 aromatic carbocycles. The van der Waals surface area contributed by atoms with E-state index in [-0.39, 0.29) is 11.8 Å². The fraction of sp³-hybridized carbons (Fsp3) is 0.833. The van der Waals surface area contributed by atoms with E-state index in [0.29, 0.717) is 6.42 Å². The van der Waals surface area contributed by atoms with Gasteiger partial charge in [0.05, 0.1) is 0 Å². The molecule has 0 nitrogen and oxygen atoms in total. The van der Waals surface area contributed by atoms with Crippen molar-refractivity contribution in [3.63, 3.8) is 0 Å². The first-order valence-electron chi connectivity index (χ1n) is 4.99. The molecule has 0 aliphatic rings. The molecular weight excluding hydrogens is 182 g/mol. The lowest BCUT2D eigenvalue weighted by Gasteiger charge is -2.26. The molecule has 0 aromatic heterocycles. The zero-order valence-corrected chi connectivity index (χ0v) is 9.48. The van der Waals surface area contributed by atoms with Crippen LogP contribution in [0.4, 0.5) is 8.78 Å². The third-order valence-corrected chi connectivity index (χ3v) is 2.26. The van der Waals surface area contributed by atoms with Crippen molar-refractivity contribution in [2.24, 2.45) is 11.3 Å². The zero-order chi connectivity index (χ0) is 11.4. The van der Waals surface area contributed by atoms with Gasteiger partial charge < -0.3 is 0 Å². The van der Waals surface area contributed by atoms with Gasteiger partial charge in [0.15, 0.2) is 0 Å². The average Bonchev–Trinajstić information content (AvgIpc) is 2.00. The van der Waals surface area contributed by atoms with Gasteiger partial charge in [-0.15, -0.1) is 12.3 Å². The second-order valence-electron chi connectivity index (χ2n) is 5.06. The quantitative estimate of drug-likeness (QED) is 0.609. The summed E-state index contributed by atoms with van der Waals surface area (Å²) < 4.78 is 26.8. The van der Waals surface area contributed by atoms with E-state index >= 15 is 0 Å². The molecule has 0 rings (SSSR count). The smallest absolute Gasteiger partial charge is 0.116 e. The van der Waals surface area contributed by atoms with Crippen molar-refractivity contribution in [3.8, 4) is 12.3 Å². The van der Waals surface area contributed by atoms with E-state index in [0.717, 1.165) is 0 Å². The van der Waals surface area contributed by atoms with Gasteiger partial charge in [0.25, 0.3) is 0 Å². The van der Waals surface area contributed by atoms with Crippen LogP contribution in [0.1, 0.15) is 40.5 Å². The average molecular weight is 202 g/mol. The first kappa shape index (κ1) is 13.4. The van der Waals surface area contributed by atoms with Crippen LogP contribution in [-0.4, -0.2) is 12.3 Å². The molecule has 0 aliphatic carbocycles. The molecule has 82 valence electrons. The number of rotatable bonds is 4. The molecule has 0 bridgehead atoms. The fourth-order valence-electron chi connectivity index (χ4n) is 1.30. The summed E-state index contributed by atoms with van der Waals surface area (Å²) in [5.41, 5.74) is -0.108. The highest BCUT2D eigenvalue weighted by Gasteiger charge is 2.28. The molecule has 0 spiro atoms. The second-order valence-corrected chi connectivity index (χ2v) is 5.06. The van der Waals surface area contributed by atoms with Crippen LogP contribution < -0.4 is 0 Å². The number of alkyl halides is 2. The second kappa shape index (κ2) is 5.34. The predicted molar refractivity (Wildman–Crippen MR) is 56.5 cm³/mol. The van der Waals surface area contributed by atoms with Crippen LogP contribution in [0.5, 0.6) is 0 Å². The van der Waals surface area contributed by atoms with Crippen molar-refractivity contribution in [3.05, 3.63) is 0 Å². The van der Waals surface area contributed by atoms with Crippen molar-refractivity contribution >= 4 is 0 Å². The van der Waals surface area contributed by atoms with E-state index in [4.69, 9.17) is 6.42 Å². The molecule has 0 saturated heterocycles. The van der Waals surface area contributed by atoms with Gasteiger partial charge in [0.2, 0.25) is 0 Å². The normalized spacial score (nSPS) is 18.4. The maximum absolute atomic E-state index is 13.6. The Labute approximate surface area is 86.1 Å². The lowest BCUT2D eigenvalue weighted by molar-refractivity contribution is 0.106. The molecule has 3 unspecified atom stereocenters. The zero-order valence-electron chi connectivity index (χ0n) is 9.48. The molecule has 0 radical (unpaired) electrons. The van der Waals surface area contributed by atoms with Crippen molar-refractivity contribution in [1.82, 2.24) is 0 Å². The number of hydrogen-bond acceptors (Lipinski definition) is 0. The summed E-state index contributed by atoms with van der Waals surface area (Å²) in [6.45, 7) is 7.42. The van der Waals surface area contributed by atoms with Gasteiger partial charge in [0.1, 0.15) is 12.3 Å². The van der Waals surface area contributed by atoms with Crippen LogP contribution in [0.15, 0.2) is 0 Å². The maximum Gasteiger partial charge on any atom is 0.116 e. The van der Waals surface area contributed by atoms with Gasteiger partial charge in [-0.2, -0.15) is 0 Å². The van der Waals surface area contributed by atoms with Crippen molar-refractivity contribution in [2.75, 3.05) is 0 Å². The van der Waals surface area contributed by atoms with E-state index in [1.807, 2.05) is 20.8 Å². The number of hydrogen-bond donors (Lipinski definition) is 0. The van der Waals surface area contributed by atoms with E-state index in [1.54, 1.807) is 6.92 Å². The summed E-state index contributed by atoms with van der Waals surface area (Å²) in [6.07, 6.45) is 3.02. The maximum atomic E-state index is 13.6. The Morgan fingerprint density at radius 2 is 1.71 bits per heavy atom. The fourth-order valence-corrected chi connectivity index (χ4v) is 1.30. The Hall–Kier alpha value is -0.580. The summed E-state index contributed by atoms with van der Waals surface area (Å²) in [4.78, 5) is 0. The Morgan fingerprint density at radius 1 is 1.21 bits per heavy atom. The largest absolute Gasteiger partial charge is 0.247 e. The topological polar surface area (TPSA) is 0 Å². The summed E-state index contributed by atoms with van der Waals surface area (Å²) in [5.74, 6) is 1.62. The molecule has 3 atom stereocenters. The summed E-state index contributed by atoms with van der Waals surface area (Å²) in [7, 11) is 0. The van der Waals surface area contributed by atoms with Crippen molar-refractivity contribution < 1.29 is 8.78 Å². The monoisotopic (exact) mass is 202 g/mol. The lowest BCUT2D eigenvalue weighted by Crippen LogP contribution is -2.27. The minimum atomic E-state index is -1.22. The molecule has 0 amide bonds. The van der Waals surface area contributed by atoms with Crippen molar-refractivity contribution in [2.45, 2.75) is 52.9 Å². The molecule has 14 heavy (non-hydrogen) atoms. The number of terminal acetylenes is 1. The molecule has 2 heteroatoms. The van der Waals surface area contributed by atoms with E-state index in [2.05, 4.69) is 5.92 Å². The van der Waals surface area contributed by atoms with Gasteiger partial charge in [-0.3, -0.25) is 0 Å². The third kappa shape index (κ3) is 5.21. The Kier molecular flexibility index (Phi) is 5.12. The van der Waals surface area contributed by atoms with Crippen LogP contribution in [0.25, 0.3) is 0 Å². The molecule has 0 saturated carbocycles. The molecule has 0 N–H and O–H groups in total. The minimum absolute atomic E-state index is 0.00568. The van der Waals surface area contributed by atoms with Crippen LogP contribution in [-0.2, 0) is 0 Å². The van der Waals surface area contributed by atoms with Gasteiger partial charge in [-0.1, -0.05) is 27.7 Å². The minimum Gasteiger partial charge on any atom is -0.247 e. The summed E-state index contributed by atoms with van der Waals surface area (Å²) in [6, 6.07) is 0. The van der Waals surface area contributed by atoms with Gasteiger partial charge in [-0.05, 0) is 11.8 Å². The van der Waals surface area contributed by atoms with Crippen molar-refractivity contribution in [1.29, 1.82) is 0 Å². The molecule has 0 aliphatic heterocycles. The van der Waals surface area contributed by atoms with Crippen LogP contribution in [0, 0.1) is 23.7 Å². The standard InChI is InChI=1S/C12H20F2/c1-6-7-10(13)9(2)11(14)8-12(3,4)5/h1,9-11H,7-8H2,2-5H3. The van der Waals surface area contributed by atoms with E-state index in [9.17, 15) is 8.78 Å². The predicted octanol–water partition coefficient (Wildman–Crippen LogP) is 3.76. The molecular formula is C12H20F2. The summed E-state index contributed by atoms with van der Waals surface area (Å²) >= 11 is 0. The molecule has 0 fully saturated rings. The van der Waals surface area contributed by atoms with Gasteiger partial charge >= 0.3 is 0 Å². The summed E-state index contributed by atoms with van der Waals surface area (Å²) in [5, 5.41) is 0. The van der Waals surface area contributed by atoms with Crippen LogP contribution in [0.3, 0.4) is 0 Å². The highest BCUT2D eigenvalue weighted by Crippen LogP contribution is 2.29.